The molecule has 0 bridgehead atoms. The Morgan fingerprint density at radius 1 is 1.06 bits per heavy atom. The Morgan fingerprint density at radius 3 is 2.56 bits per heavy atom. The summed E-state index contributed by atoms with van der Waals surface area (Å²) in [7, 11) is 1.90. The van der Waals surface area contributed by atoms with E-state index in [2.05, 4.69) is 16.0 Å². The predicted molar refractivity (Wildman–Crippen MR) is 141 cm³/mol. The van der Waals surface area contributed by atoms with Gasteiger partial charge in [0.25, 0.3) is 0 Å². The number of imide groups is 1. The molecular weight excluding hydrogens is 462 g/mol. The van der Waals surface area contributed by atoms with E-state index in [1.165, 1.54) is 0 Å². The van der Waals surface area contributed by atoms with Crippen LogP contribution in [0.25, 0.3) is 0 Å². The molecule has 1 atom stereocenters. The van der Waals surface area contributed by atoms with Gasteiger partial charge in [0.15, 0.2) is 0 Å². The highest BCUT2D eigenvalue weighted by atomic mass is 16.5. The van der Waals surface area contributed by atoms with Gasteiger partial charge in [0, 0.05) is 55.3 Å². The van der Waals surface area contributed by atoms with Gasteiger partial charge in [-0.2, -0.15) is 0 Å². The molecule has 10 nitrogen and oxygen atoms in total. The van der Waals surface area contributed by atoms with Crippen molar-refractivity contribution >= 4 is 30.2 Å². The molecule has 0 aliphatic heterocycles. The minimum Gasteiger partial charge on any atom is -0.379 e. The summed E-state index contributed by atoms with van der Waals surface area (Å²) in [5, 5.41) is 8.43. The van der Waals surface area contributed by atoms with Crippen LogP contribution in [0.2, 0.25) is 0 Å². The van der Waals surface area contributed by atoms with Crippen molar-refractivity contribution in [3.63, 3.8) is 0 Å². The normalized spacial score (nSPS) is 11.8. The molecule has 0 spiro atoms. The number of hydrogen-bond acceptors (Lipinski definition) is 8. The predicted octanol–water partition coefficient (Wildman–Crippen LogP) is 1.83. The smallest absolute Gasteiger partial charge is 0.226 e. The number of nitrogens with zero attached hydrogens (tertiary/aromatic N) is 1. The third-order valence-electron chi connectivity index (χ3n) is 5.98. The summed E-state index contributed by atoms with van der Waals surface area (Å²) in [5.74, 6) is -0.397. The van der Waals surface area contributed by atoms with Crippen molar-refractivity contribution in [1.82, 2.24) is 15.5 Å². The van der Waals surface area contributed by atoms with Crippen LogP contribution in [-0.4, -0.2) is 75.3 Å². The van der Waals surface area contributed by atoms with Gasteiger partial charge in [-0.15, -0.1) is 0 Å². The number of ether oxygens (including phenoxy) is 1. The molecule has 0 aliphatic rings. The van der Waals surface area contributed by atoms with Crippen LogP contribution < -0.4 is 21.7 Å². The summed E-state index contributed by atoms with van der Waals surface area (Å²) in [5.41, 5.74) is 7.26. The summed E-state index contributed by atoms with van der Waals surface area (Å²) in [6.07, 6.45) is 6.23. The Balaban J connectivity index is 2.46. The fourth-order valence-electron chi connectivity index (χ4n) is 3.67. The van der Waals surface area contributed by atoms with Gasteiger partial charge in [0.1, 0.15) is 6.29 Å². The van der Waals surface area contributed by atoms with Crippen molar-refractivity contribution in [2.24, 2.45) is 5.73 Å². The van der Waals surface area contributed by atoms with Gasteiger partial charge in [-0.1, -0.05) is 25.0 Å². The fourth-order valence-corrected chi connectivity index (χ4v) is 3.67. The average molecular weight is 506 g/mol. The first-order chi connectivity index (χ1) is 17.4. The van der Waals surface area contributed by atoms with E-state index in [1.807, 2.05) is 18.9 Å². The van der Waals surface area contributed by atoms with Gasteiger partial charge in [0.05, 0.1) is 13.2 Å². The van der Waals surface area contributed by atoms with Gasteiger partial charge in [-0.05, 0) is 45.8 Å². The third-order valence-corrected chi connectivity index (χ3v) is 5.98. The number of benzene rings is 1. The molecule has 1 unspecified atom stereocenters. The van der Waals surface area contributed by atoms with Crippen LogP contribution in [0.5, 0.6) is 0 Å². The van der Waals surface area contributed by atoms with E-state index < -0.39 is 0 Å². The summed E-state index contributed by atoms with van der Waals surface area (Å²) in [4.78, 5) is 48.2. The molecule has 0 heterocycles. The number of nitrogens with two attached hydrogens (primary N) is 1. The molecule has 0 fully saturated rings. The van der Waals surface area contributed by atoms with Crippen LogP contribution in [0.3, 0.4) is 0 Å². The highest BCUT2D eigenvalue weighted by Gasteiger charge is 2.17. The Kier molecular flexibility index (Phi) is 17.0. The topological polar surface area (TPSA) is 143 Å². The monoisotopic (exact) mass is 505 g/mol. The molecule has 10 heteroatoms. The Bertz CT molecular complexity index is 805. The average Bonchev–Trinajstić information content (AvgIpc) is 2.86. The molecule has 202 valence electrons. The molecule has 0 saturated carbocycles. The van der Waals surface area contributed by atoms with Crippen molar-refractivity contribution in [1.29, 1.82) is 0 Å². The van der Waals surface area contributed by atoms with Crippen LogP contribution in [0.15, 0.2) is 18.2 Å². The summed E-state index contributed by atoms with van der Waals surface area (Å²) >= 11 is 0. The highest BCUT2D eigenvalue weighted by molar-refractivity contribution is 5.93. The van der Waals surface area contributed by atoms with E-state index in [0.717, 1.165) is 50.6 Å². The second-order valence-electron chi connectivity index (χ2n) is 8.84. The second-order valence-corrected chi connectivity index (χ2v) is 8.84. The summed E-state index contributed by atoms with van der Waals surface area (Å²) in [6, 6.07) is 5.31. The molecule has 0 saturated heterocycles. The van der Waals surface area contributed by atoms with Gasteiger partial charge in [-0.25, -0.2) is 0 Å². The standard InChI is InChI=1S/C26H43N5O5/c1-21(11-12-25(34)29-20-33)31(2)18-23-22(19-32)8-7-9-24(23)30-26(35)10-5-3-4-6-14-28-15-17-36-16-13-27/h7-9,19-21,28H,3-6,10-18,27H2,1-2H3,(H,30,35)(H,29,33,34). The van der Waals surface area contributed by atoms with Gasteiger partial charge < -0.3 is 21.1 Å². The van der Waals surface area contributed by atoms with E-state index in [0.29, 0.717) is 56.8 Å². The lowest BCUT2D eigenvalue weighted by atomic mass is 10.0. The molecule has 1 aromatic carbocycles. The van der Waals surface area contributed by atoms with Gasteiger partial charge >= 0.3 is 0 Å². The molecule has 5 N–H and O–H groups in total. The minimum atomic E-state index is -0.323. The SMILES string of the molecule is CC(CCC(=O)NC=O)N(C)Cc1c(C=O)cccc1NC(=O)CCCCCCNCCOCCN. The lowest BCUT2D eigenvalue weighted by molar-refractivity contribution is -0.125. The van der Waals surface area contributed by atoms with Crippen molar-refractivity contribution in [2.75, 3.05) is 45.2 Å². The third kappa shape index (κ3) is 13.4. The molecule has 3 amide bonds. The number of unbranched alkanes of at least 4 members (excludes halogenated alkanes) is 3. The van der Waals surface area contributed by atoms with Crippen LogP contribution in [-0.2, 0) is 25.7 Å². The van der Waals surface area contributed by atoms with E-state index >= 15 is 0 Å². The number of amides is 3. The highest BCUT2D eigenvalue weighted by Crippen LogP contribution is 2.23. The number of rotatable bonds is 21. The largest absolute Gasteiger partial charge is 0.379 e. The number of nitrogens with one attached hydrogen (secondary N) is 3. The maximum Gasteiger partial charge on any atom is 0.226 e. The maximum absolute atomic E-state index is 12.6. The van der Waals surface area contributed by atoms with E-state index in [-0.39, 0.29) is 24.3 Å². The molecule has 1 rings (SSSR count). The Hall–Kier alpha value is -2.66. The maximum atomic E-state index is 12.6. The van der Waals surface area contributed by atoms with Crippen molar-refractivity contribution < 1.29 is 23.9 Å². The molecule has 0 radical (unpaired) electrons. The first-order valence-corrected chi connectivity index (χ1v) is 12.7. The first-order valence-electron chi connectivity index (χ1n) is 12.7. The molecule has 0 aromatic heterocycles. The Labute approximate surface area is 214 Å². The number of carbonyl (C=O) groups excluding carboxylic acids is 4. The summed E-state index contributed by atoms with van der Waals surface area (Å²) < 4.78 is 5.31. The summed E-state index contributed by atoms with van der Waals surface area (Å²) in [6.45, 7) is 5.94. The van der Waals surface area contributed by atoms with Crippen LogP contribution in [0.4, 0.5) is 5.69 Å². The lowest BCUT2D eigenvalue weighted by Gasteiger charge is -2.26. The van der Waals surface area contributed by atoms with Crippen molar-refractivity contribution in [2.45, 2.75) is 64.5 Å². The van der Waals surface area contributed by atoms with Crippen LogP contribution >= 0.6 is 0 Å². The van der Waals surface area contributed by atoms with Gasteiger partial charge in [0.2, 0.25) is 18.2 Å². The second kappa shape index (κ2) is 19.5. The molecule has 0 aliphatic carbocycles. The van der Waals surface area contributed by atoms with E-state index in [4.69, 9.17) is 10.5 Å². The number of hydrogen-bond donors (Lipinski definition) is 4. The lowest BCUT2D eigenvalue weighted by Crippen LogP contribution is -2.31. The molecular formula is C26H43N5O5. The number of aldehydes is 1. The zero-order valence-corrected chi connectivity index (χ0v) is 21.7. The van der Waals surface area contributed by atoms with E-state index in [9.17, 15) is 19.2 Å². The molecule has 1 aromatic rings. The minimum absolute atomic E-state index is 0.0265. The van der Waals surface area contributed by atoms with Crippen molar-refractivity contribution in [3.8, 4) is 0 Å². The Morgan fingerprint density at radius 2 is 1.83 bits per heavy atom. The van der Waals surface area contributed by atoms with E-state index in [1.54, 1.807) is 18.2 Å². The fraction of sp³-hybridized carbons (Fsp3) is 0.615. The molecule has 36 heavy (non-hydrogen) atoms. The quantitative estimate of drug-likeness (QED) is 0.146. The number of anilines is 1. The number of carbonyl (C=O) groups is 4. The van der Waals surface area contributed by atoms with Crippen LogP contribution in [0.1, 0.15) is 67.8 Å². The zero-order valence-electron chi connectivity index (χ0n) is 21.7. The first kappa shape index (κ1) is 31.4. The zero-order chi connectivity index (χ0) is 26.6. The van der Waals surface area contributed by atoms with Crippen LogP contribution in [0, 0.1) is 0 Å². The van der Waals surface area contributed by atoms with Gasteiger partial charge in [-0.3, -0.25) is 29.4 Å². The van der Waals surface area contributed by atoms with Crippen molar-refractivity contribution in [3.05, 3.63) is 29.3 Å².